The summed E-state index contributed by atoms with van der Waals surface area (Å²) in [5.41, 5.74) is 0.412. The van der Waals surface area contributed by atoms with Crippen molar-refractivity contribution in [2.75, 3.05) is 31.7 Å². The fraction of sp³-hybridized carbons (Fsp3) is 0.286. The Bertz CT molecular complexity index is 1370. The molecule has 0 N–H and O–H groups in total. The standard InChI is InChI=1S/C21H22FN3O6S/c1-12-15-7-6-14(30-21(27)24(2)3)11-17(15)31-20(26)16(12)10-13-8-9-23-19(18(13)22)25(4)32(5,28)29/h6-9,11H,10H2,1-5H3. The maximum absolute atomic E-state index is 15.0. The van der Waals surface area contributed by atoms with Crippen LogP contribution in [0.1, 0.15) is 16.7 Å². The second kappa shape index (κ2) is 8.58. The Morgan fingerprint density at radius 3 is 2.53 bits per heavy atom. The van der Waals surface area contributed by atoms with Gasteiger partial charge in [0.1, 0.15) is 11.3 Å². The Morgan fingerprint density at radius 1 is 1.22 bits per heavy atom. The first-order chi connectivity index (χ1) is 14.9. The van der Waals surface area contributed by atoms with Crippen molar-refractivity contribution in [1.82, 2.24) is 9.88 Å². The summed E-state index contributed by atoms with van der Waals surface area (Å²) in [5, 5.41) is 0.590. The van der Waals surface area contributed by atoms with Crippen LogP contribution >= 0.6 is 0 Å². The first-order valence-corrected chi connectivity index (χ1v) is 11.3. The third-order valence-corrected chi connectivity index (χ3v) is 6.11. The Kier molecular flexibility index (Phi) is 6.22. The third kappa shape index (κ3) is 4.57. The first kappa shape index (κ1) is 23.2. The lowest BCUT2D eigenvalue weighted by Gasteiger charge is -2.17. The van der Waals surface area contributed by atoms with Crippen LogP contribution in [0.2, 0.25) is 0 Å². The predicted molar refractivity (Wildman–Crippen MR) is 117 cm³/mol. The number of carbonyl (C=O) groups is 1. The number of hydrogen-bond donors (Lipinski definition) is 0. The largest absolute Gasteiger partial charge is 0.422 e. The number of sulfonamides is 1. The minimum absolute atomic E-state index is 0.0942. The van der Waals surface area contributed by atoms with Gasteiger partial charge >= 0.3 is 11.7 Å². The maximum Gasteiger partial charge on any atom is 0.414 e. The van der Waals surface area contributed by atoms with Crippen molar-refractivity contribution < 1.29 is 26.8 Å². The van der Waals surface area contributed by atoms with Gasteiger partial charge in [-0.05, 0) is 36.2 Å². The predicted octanol–water partition coefficient (Wildman–Crippen LogP) is 2.68. The Morgan fingerprint density at radius 2 is 1.91 bits per heavy atom. The van der Waals surface area contributed by atoms with Gasteiger partial charge in [0.2, 0.25) is 10.0 Å². The zero-order valence-corrected chi connectivity index (χ0v) is 19.0. The van der Waals surface area contributed by atoms with Crippen molar-refractivity contribution in [3.05, 3.63) is 63.4 Å². The summed E-state index contributed by atoms with van der Waals surface area (Å²) >= 11 is 0. The fourth-order valence-electron chi connectivity index (χ4n) is 3.01. The Hall–Kier alpha value is -3.47. The van der Waals surface area contributed by atoms with E-state index in [-0.39, 0.29) is 34.7 Å². The van der Waals surface area contributed by atoms with E-state index in [9.17, 15) is 18.0 Å². The number of hydrogen-bond acceptors (Lipinski definition) is 7. The normalized spacial score (nSPS) is 11.4. The smallest absolute Gasteiger partial charge is 0.414 e. The van der Waals surface area contributed by atoms with Crippen molar-refractivity contribution in [3.63, 3.8) is 0 Å². The van der Waals surface area contributed by atoms with Gasteiger partial charge < -0.3 is 14.1 Å². The van der Waals surface area contributed by atoms with Crippen molar-refractivity contribution in [2.45, 2.75) is 13.3 Å². The van der Waals surface area contributed by atoms with E-state index in [2.05, 4.69) is 4.98 Å². The van der Waals surface area contributed by atoms with Crippen molar-refractivity contribution >= 4 is 32.9 Å². The average molecular weight is 463 g/mol. The van der Waals surface area contributed by atoms with E-state index in [1.54, 1.807) is 19.1 Å². The molecule has 0 bridgehead atoms. The molecule has 3 aromatic rings. The SMILES string of the molecule is Cc1c(Cc2ccnc(N(C)S(C)(=O)=O)c2F)c(=O)oc2cc(OC(=O)N(C)C)ccc12. The van der Waals surface area contributed by atoms with Gasteiger partial charge in [0, 0.05) is 50.8 Å². The van der Waals surface area contributed by atoms with Gasteiger partial charge in [0.25, 0.3) is 0 Å². The van der Waals surface area contributed by atoms with Crippen LogP contribution in [0.3, 0.4) is 0 Å². The molecule has 170 valence electrons. The summed E-state index contributed by atoms with van der Waals surface area (Å²) < 4.78 is 49.8. The quantitative estimate of drug-likeness (QED) is 0.535. The second-order valence-corrected chi connectivity index (χ2v) is 9.44. The van der Waals surface area contributed by atoms with Gasteiger partial charge in [-0.1, -0.05) is 0 Å². The topological polar surface area (TPSA) is 110 Å². The van der Waals surface area contributed by atoms with Crippen LogP contribution in [-0.2, 0) is 16.4 Å². The molecule has 2 heterocycles. The molecule has 0 radical (unpaired) electrons. The minimum Gasteiger partial charge on any atom is -0.422 e. The van der Waals surface area contributed by atoms with Crippen LogP contribution in [0.15, 0.2) is 39.7 Å². The maximum atomic E-state index is 15.0. The molecule has 0 spiro atoms. The third-order valence-electron chi connectivity index (χ3n) is 4.94. The van der Waals surface area contributed by atoms with Crippen LogP contribution < -0.4 is 14.7 Å². The lowest BCUT2D eigenvalue weighted by atomic mass is 10.00. The summed E-state index contributed by atoms with van der Waals surface area (Å²) in [5.74, 6) is -0.995. The summed E-state index contributed by atoms with van der Waals surface area (Å²) in [6.45, 7) is 1.70. The number of pyridine rings is 1. The van der Waals surface area contributed by atoms with Gasteiger partial charge in [0.05, 0.1) is 6.26 Å². The van der Waals surface area contributed by atoms with E-state index < -0.39 is 27.6 Å². The number of rotatable bonds is 5. The molecule has 2 aromatic heterocycles. The molecule has 0 aliphatic rings. The summed E-state index contributed by atoms with van der Waals surface area (Å²) in [7, 11) is 0.554. The number of halogens is 1. The number of carbonyl (C=O) groups excluding carboxylic acids is 1. The zero-order valence-electron chi connectivity index (χ0n) is 18.2. The first-order valence-electron chi connectivity index (χ1n) is 9.43. The van der Waals surface area contributed by atoms with Gasteiger partial charge in [-0.2, -0.15) is 0 Å². The highest BCUT2D eigenvalue weighted by Crippen LogP contribution is 2.27. The Balaban J connectivity index is 2.02. The van der Waals surface area contributed by atoms with E-state index in [1.807, 2.05) is 0 Å². The molecule has 3 rings (SSSR count). The zero-order chi connectivity index (χ0) is 23.8. The molecule has 0 unspecified atom stereocenters. The molecule has 0 aliphatic heterocycles. The molecule has 0 saturated heterocycles. The molecule has 0 fully saturated rings. The number of ether oxygens (including phenoxy) is 1. The van der Waals surface area contributed by atoms with E-state index in [0.717, 1.165) is 10.6 Å². The Labute approximate surface area is 184 Å². The number of amides is 1. The number of anilines is 1. The molecule has 0 atom stereocenters. The van der Waals surface area contributed by atoms with Crippen LogP contribution in [-0.4, -0.2) is 51.8 Å². The lowest BCUT2D eigenvalue weighted by molar-refractivity contribution is 0.172. The molecule has 1 amide bonds. The summed E-state index contributed by atoms with van der Waals surface area (Å²) in [4.78, 5) is 29.5. The molecule has 1 aromatic carbocycles. The van der Waals surface area contributed by atoms with Gasteiger partial charge in [-0.3, -0.25) is 4.31 Å². The van der Waals surface area contributed by atoms with Crippen LogP contribution in [0.4, 0.5) is 15.0 Å². The highest BCUT2D eigenvalue weighted by Gasteiger charge is 2.22. The number of fused-ring (bicyclic) bond motifs is 1. The highest BCUT2D eigenvalue weighted by atomic mass is 32.2. The van der Waals surface area contributed by atoms with Crippen molar-refractivity contribution in [3.8, 4) is 5.75 Å². The van der Waals surface area contributed by atoms with Gasteiger partial charge in [-0.25, -0.2) is 27.4 Å². The van der Waals surface area contributed by atoms with E-state index in [1.165, 1.54) is 44.4 Å². The molecule has 0 saturated carbocycles. The summed E-state index contributed by atoms with van der Waals surface area (Å²) in [6, 6.07) is 6.01. The van der Waals surface area contributed by atoms with Crippen LogP contribution in [0.5, 0.6) is 5.75 Å². The van der Waals surface area contributed by atoms with Crippen LogP contribution in [0.25, 0.3) is 11.0 Å². The lowest BCUT2D eigenvalue weighted by Crippen LogP contribution is -2.27. The minimum atomic E-state index is -3.72. The highest BCUT2D eigenvalue weighted by molar-refractivity contribution is 7.92. The second-order valence-electron chi connectivity index (χ2n) is 7.43. The number of aromatic nitrogens is 1. The fourth-order valence-corrected chi connectivity index (χ4v) is 3.45. The molecular formula is C21H22FN3O6S. The molecule has 9 nitrogen and oxygen atoms in total. The summed E-state index contributed by atoms with van der Waals surface area (Å²) in [6.07, 6.45) is 1.51. The van der Waals surface area contributed by atoms with E-state index >= 15 is 4.39 Å². The van der Waals surface area contributed by atoms with Gasteiger partial charge in [-0.15, -0.1) is 0 Å². The molecule has 0 aliphatic carbocycles. The molecule has 11 heteroatoms. The van der Waals surface area contributed by atoms with Crippen LogP contribution in [0, 0.1) is 12.7 Å². The van der Waals surface area contributed by atoms with Crippen molar-refractivity contribution in [2.24, 2.45) is 0 Å². The molecule has 32 heavy (non-hydrogen) atoms. The monoisotopic (exact) mass is 463 g/mol. The van der Waals surface area contributed by atoms with E-state index in [4.69, 9.17) is 9.15 Å². The van der Waals surface area contributed by atoms with Gasteiger partial charge in [0.15, 0.2) is 11.6 Å². The number of aryl methyl sites for hydroxylation is 1. The number of nitrogens with zero attached hydrogens (tertiary/aromatic N) is 3. The average Bonchev–Trinajstić information content (AvgIpc) is 2.70. The van der Waals surface area contributed by atoms with E-state index in [0.29, 0.717) is 10.9 Å². The van der Waals surface area contributed by atoms with Crippen molar-refractivity contribution in [1.29, 1.82) is 0 Å². The molecular weight excluding hydrogens is 441 g/mol. The number of benzene rings is 1.